The molecule has 1 heterocycles. The minimum absolute atomic E-state index is 0.133. The molecule has 0 saturated carbocycles. The van der Waals surface area contributed by atoms with Gasteiger partial charge in [0.2, 0.25) is 0 Å². The Labute approximate surface area is 166 Å². The first-order valence-corrected chi connectivity index (χ1v) is 9.44. The standard InChI is InChI=1S/C20H20N4O3S/c1-12-5-7-15(13(2)9-12)17-11-28-20(21-17)22-19(25)16-10-14(24(26)27)6-8-18(16)23(3)4/h5-11H,1-4H3,(H,21,22,25). The maximum atomic E-state index is 12.8. The van der Waals surface area contributed by atoms with Crippen molar-refractivity contribution in [2.45, 2.75) is 13.8 Å². The number of nitro benzene ring substituents is 1. The zero-order chi connectivity index (χ0) is 20.4. The molecule has 3 aromatic rings. The van der Waals surface area contributed by atoms with Crippen LogP contribution in [0.5, 0.6) is 0 Å². The Balaban J connectivity index is 1.89. The maximum absolute atomic E-state index is 12.8. The molecule has 0 atom stereocenters. The van der Waals surface area contributed by atoms with E-state index in [1.54, 1.807) is 25.1 Å². The number of thiazole rings is 1. The highest BCUT2D eigenvalue weighted by molar-refractivity contribution is 7.14. The van der Waals surface area contributed by atoms with Gasteiger partial charge in [0.05, 0.1) is 16.2 Å². The molecule has 0 unspecified atom stereocenters. The van der Waals surface area contributed by atoms with Gasteiger partial charge in [-0.25, -0.2) is 4.98 Å². The van der Waals surface area contributed by atoms with Crippen LogP contribution in [0.2, 0.25) is 0 Å². The molecule has 28 heavy (non-hydrogen) atoms. The Hall–Kier alpha value is -3.26. The van der Waals surface area contributed by atoms with Crippen molar-refractivity contribution in [3.05, 3.63) is 68.6 Å². The largest absolute Gasteiger partial charge is 0.377 e. The van der Waals surface area contributed by atoms with E-state index in [2.05, 4.69) is 16.4 Å². The summed E-state index contributed by atoms with van der Waals surface area (Å²) in [6, 6.07) is 10.3. The number of amides is 1. The fourth-order valence-electron chi connectivity index (χ4n) is 2.93. The molecule has 1 aromatic heterocycles. The minimum Gasteiger partial charge on any atom is -0.377 e. The van der Waals surface area contributed by atoms with E-state index >= 15 is 0 Å². The van der Waals surface area contributed by atoms with Gasteiger partial charge in [0, 0.05) is 42.9 Å². The second-order valence-electron chi connectivity index (χ2n) is 6.66. The zero-order valence-electron chi connectivity index (χ0n) is 16.0. The van der Waals surface area contributed by atoms with Gasteiger partial charge in [-0.3, -0.25) is 20.2 Å². The van der Waals surface area contributed by atoms with E-state index in [0.717, 1.165) is 16.8 Å². The molecule has 7 nitrogen and oxygen atoms in total. The van der Waals surface area contributed by atoms with Crippen molar-refractivity contribution >= 4 is 33.8 Å². The number of aryl methyl sites for hydroxylation is 2. The van der Waals surface area contributed by atoms with Crippen molar-refractivity contribution in [1.82, 2.24) is 4.98 Å². The number of aromatic nitrogens is 1. The van der Waals surface area contributed by atoms with Crippen molar-refractivity contribution in [1.29, 1.82) is 0 Å². The van der Waals surface area contributed by atoms with E-state index in [9.17, 15) is 14.9 Å². The number of carbonyl (C=O) groups is 1. The maximum Gasteiger partial charge on any atom is 0.270 e. The first kappa shape index (κ1) is 19.5. The molecule has 0 aliphatic rings. The number of nitro groups is 1. The number of hydrogen-bond donors (Lipinski definition) is 1. The molecule has 0 aliphatic carbocycles. The third-order valence-electron chi connectivity index (χ3n) is 4.30. The number of rotatable bonds is 5. The van der Waals surface area contributed by atoms with Gasteiger partial charge in [-0.15, -0.1) is 11.3 Å². The quantitative estimate of drug-likeness (QED) is 0.501. The molecular formula is C20H20N4O3S. The van der Waals surface area contributed by atoms with E-state index in [1.165, 1.54) is 29.0 Å². The molecule has 1 amide bonds. The summed E-state index contributed by atoms with van der Waals surface area (Å²) in [6.07, 6.45) is 0. The first-order valence-electron chi connectivity index (χ1n) is 8.56. The fraction of sp³-hybridized carbons (Fsp3) is 0.200. The van der Waals surface area contributed by atoms with Crippen molar-refractivity contribution in [2.24, 2.45) is 0 Å². The van der Waals surface area contributed by atoms with Crippen LogP contribution in [0.4, 0.5) is 16.5 Å². The van der Waals surface area contributed by atoms with Crippen LogP contribution in [-0.4, -0.2) is 29.9 Å². The number of hydrogen-bond acceptors (Lipinski definition) is 6. The third-order valence-corrected chi connectivity index (χ3v) is 5.06. The second-order valence-corrected chi connectivity index (χ2v) is 7.52. The van der Waals surface area contributed by atoms with Crippen LogP contribution in [0.15, 0.2) is 41.8 Å². The summed E-state index contributed by atoms with van der Waals surface area (Å²) in [5.41, 5.74) is 4.75. The monoisotopic (exact) mass is 396 g/mol. The molecule has 0 fully saturated rings. The van der Waals surface area contributed by atoms with E-state index in [0.29, 0.717) is 10.8 Å². The highest BCUT2D eigenvalue weighted by atomic mass is 32.1. The lowest BCUT2D eigenvalue weighted by atomic mass is 10.0. The fourth-order valence-corrected chi connectivity index (χ4v) is 3.64. The summed E-state index contributed by atoms with van der Waals surface area (Å²) in [5.74, 6) is -0.436. The summed E-state index contributed by atoms with van der Waals surface area (Å²) >= 11 is 1.31. The molecule has 0 spiro atoms. The summed E-state index contributed by atoms with van der Waals surface area (Å²) < 4.78 is 0. The van der Waals surface area contributed by atoms with Gasteiger partial charge in [-0.05, 0) is 25.5 Å². The Morgan fingerprint density at radius 2 is 1.93 bits per heavy atom. The van der Waals surface area contributed by atoms with E-state index in [-0.39, 0.29) is 11.3 Å². The molecule has 0 bridgehead atoms. The van der Waals surface area contributed by atoms with E-state index in [4.69, 9.17) is 0 Å². The van der Waals surface area contributed by atoms with Gasteiger partial charge in [-0.1, -0.05) is 23.8 Å². The SMILES string of the molecule is Cc1ccc(-c2csc(NC(=O)c3cc([N+](=O)[O-])ccc3N(C)C)n2)c(C)c1. The first-order chi connectivity index (χ1) is 13.3. The summed E-state index contributed by atoms with van der Waals surface area (Å²) in [4.78, 5) is 29.6. The van der Waals surface area contributed by atoms with Gasteiger partial charge in [0.25, 0.3) is 11.6 Å². The van der Waals surface area contributed by atoms with Gasteiger partial charge in [-0.2, -0.15) is 0 Å². The molecule has 0 saturated heterocycles. The van der Waals surface area contributed by atoms with Gasteiger partial charge >= 0.3 is 0 Å². The Kier molecular flexibility index (Phi) is 5.41. The number of anilines is 2. The van der Waals surface area contributed by atoms with Crippen LogP contribution in [0.1, 0.15) is 21.5 Å². The Morgan fingerprint density at radius 1 is 1.18 bits per heavy atom. The molecule has 144 valence electrons. The lowest BCUT2D eigenvalue weighted by Crippen LogP contribution is -2.18. The Bertz CT molecular complexity index is 1060. The van der Waals surface area contributed by atoms with Gasteiger partial charge in [0.15, 0.2) is 5.13 Å². The van der Waals surface area contributed by atoms with Crippen molar-refractivity contribution in [3.63, 3.8) is 0 Å². The molecule has 1 N–H and O–H groups in total. The second kappa shape index (κ2) is 7.77. The summed E-state index contributed by atoms with van der Waals surface area (Å²) in [7, 11) is 3.55. The highest BCUT2D eigenvalue weighted by Gasteiger charge is 2.19. The predicted molar refractivity (Wildman–Crippen MR) is 112 cm³/mol. The van der Waals surface area contributed by atoms with Gasteiger partial charge in [0.1, 0.15) is 0 Å². The van der Waals surface area contributed by atoms with Crippen molar-refractivity contribution < 1.29 is 9.72 Å². The molecule has 0 radical (unpaired) electrons. The number of carbonyl (C=O) groups excluding carboxylic acids is 1. The lowest BCUT2D eigenvalue weighted by molar-refractivity contribution is -0.384. The smallest absolute Gasteiger partial charge is 0.270 e. The summed E-state index contributed by atoms with van der Waals surface area (Å²) in [5, 5.41) is 16.2. The van der Waals surface area contributed by atoms with Crippen LogP contribution < -0.4 is 10.2 Å². The summed E-state index contributed by atoms with van der Waals surface area (Å²) in [6.45, 7) is 4.05. The third kappa shape index (κ3) is 4.01. The van der Waals surface area contributed by atoms with E-state index < -0.39 is 10.8 Å². The topological polar surface area (TPSA) is 88.4 Å². The van der Waals surface area contributed by atoms with Gasteiger partial charge < -0.3 is 4.90 Å². The normalized spacial score (nSPS) is 10.6. The van der Waals surface area contributed by atoms with Crippen molar-refractivity contribution in [3.8, 4) is 11.3 Å². The number of nitrogens with one attached hydrogen (secondary N) is 1. The average Bonchev–Trinajstić information content (AvgIpc) is 3.09. The van der Waals surface area contributed by atoms with Crippen molar-refractivity contribution in [2.75, 3.05) is 24.3 Å². The van der Waals surface area contributed by atoms with Crippen LogP contribution in [-0.2, 0) is 0 Å². The average molecular weight is 396 g/mol. The molecule has 8 heteroatoms. The Morgan fingerprint density at radius 3 is 2.57 bits per heavy atom. The number of benzene rings is 2. The van der Waals surface area contributed by atoms with E-state index in [1.807, 2.05) is 31.4 Å². The lowest BCUT2D eigenvalue weighted by Gasteiger charge is -2.16. The van der Waals surface area contributed by atoms with Crippen LogP contribution in [0.3, 0.4) is 0 Å². The molecule has 2 aromatic carbocycles. The predicted octanol–water partition coefficient (Wildman–Crippen LogP) is 4.65. The van der Waals surface area contributed by atoms with Crippen LogP contribution >= 0.6 is 11.3 Å². The number of non-ortho nitro benzene ring substituents is 1. The molecule has 0 aliphatic heterocycles. The van der Waals surface area contributed by atoms with Crippen LogP contribution in [0, 0.1) is 24.0 Å². The molecule has 3 rings (SSSR count). The molecular weight excluding hydrogens is 376 g/mol. The van der Waals surface area contributed by atoms with Crippen LogP contribution in [0.25, 0.3) is 11.3 Å². The minimum atomic E-state index is -0.516. The zero-order valence-corrected chi connectivity index (χ0v) is 16.8. The number of nitrogens with zero attached hydrogens (tertiary/aromatic N) is 3. The highest BCUT2D eigenvalue weighted by Crippen LogP contribution is 2.29.